The lowest BCUT2D eigenvalue weighted by molar-refractivity contribution is 0.0193. The van der Waals surface area contributed by atoms with Gasteiger partial charge in [0.05, 0.1) is 30.0 Å². The Morgan fingerprint density at radius 1 is 0.925 bits per heavy atom. The normalized spacial score (nSPS) is 15.7. The van der Waals surface area contributed by atoms with Crippen molar-refractivity contribution in [3.8, 4) is 23.1 Å². The number of hydrogen-bond donors (Lipinski definition) is 1. The van der Waals surface area contributed by atoms with Crippen molar-refractivity contribution < 1.29 is 23.8 Å². The highest BCUT2D eigenvalue weighted by atomic mass is 35.5. The van der Waals surface area contributed by atoms with E-state index in [-0.39, 0.29) is 41.6 Å². The van der Waals surface area contributed by atoms with Crippen LogP contribution < -0.4 is 4.90 Å². The standard InChI is InChI=1S/C41H41FN6O4.ClH/c1-26-36(41(51)48(31-10-12-34(49)13-11-31)38-21-32(23-43)44(3)27(38)2)22-39(45(26)4)35-14-9-30(42)20-37(35)40(50)47-24-29-8-6-5-7-28(29)19-33(47)25-46-15-17-52-18-16-46;/h5-14,20-22,33,49H,15-19,24-25H2,1-4H3;1H/t33-;/m0./s1. The zero-order valence-corrected chi connectivity index (χ0v) is 31.0. The van der Waals surface area contributed by atoms with Crippen molar-refractivity contribution in [2.24, 2.45) is 14.1 Å². The number of anilines is 2. The number of phenolic OH excluding ortho intramolecular Hbond substituents is 1. The van der Waals surface area contributed by atoms with E-state index in [1.54, 1.807) is 41.9 Å². The largest absolute Gasteiger partial charge is 0.508 e. The Bertz CT molecular complexity index is 2220. The van der Waals surface area contributed by atoms with Crippen molar-refractivity contribution in [2.75, 3.05) is 37.7 Å². The first-order chi connectivity index (χ1) is 25.0. The summed E-state index contributed by atoms with van der Waals surface area (Å²) in [4.78, 5) is 35.1. The SMILES string of the molecule is Cc1c(N(C(=O)c2cc(-c3ccc(F)cc3C(=O)N3Cc4ccccc4C[C@H]3CN3CCOCC3)n(C)c2C)c2ccc(O)cc2)cc(C#N)n1C.Cl. The second-order valence-electron chi connectivity index (χ2n) is 13.6. The summed E-state index contributed by atoms with van der Waals surface area (Å²) in [6, 6.07) is 24.2. The summed E-state index contributed by atoms with van der Waals surface area (Å²) in [7, 11) is 3.59. The van der Waals surface area contributed by atoms with Crippen molar-refractivity contribution in [3.63, 3.8) is 0 Å². The molecule has 12 heteroatoms. The average Bonchev–Trinajstić information content (AvgIpc) is 3.61. The van der Waals surface area contributed by atoms with Gasteiger partial charge < -0.3 is 23.9 Å². The number of halogens is 2. The molecule has 3 aromatic carbocycles. The Balaban J connectivity index is 0.00000481. The van der Waals surface area contributed by atoms with E-state index in [1.807, 2.05) is 48.6 Å². The highest BCUT2D eigenvalue weighted by Gasteiger charge is 2.34. The number of carbonyl (C=O) groups is 2. The minimum absolute atomic E-state index is 0. The lowest BCUT2D eigenvalue weighted by Crippen LogP contribution is -2.52. The molecule has 0 aliphatic carbocycles. The zero-order chi connectivity index (χ0) is 36.7. The van der Waals surface area contributed by atoms with Crippen LogP contribution in [0.25, 0.3) is 11.3 Å². The van der Waals surface area contributed by atoms with Gasteiger partial charge in [-0.1, -0.05) is 24.3 Å². The van der Waals surface area contributed by atoms with Gasteiger partial charge in [0.2, 0.25) is 0 Å². The van der Waals surface area contributed by atoms with Crippen LogP contribution >= 0.6 is 12.4 Å². The molecule has 0 saturated carbocycles. The molecule has 2 aromatic heterocycles. The van der Waals surface area contributed by atoms with E-state index in [0.717, 1.165) is 18.7 Å². The van der Waals surface area contributed by atoms with Crippen molar-refractivity contribution in [2.45, 2.75) is 32.9 Å². The van der Waals surface area contributed by atoms with Gasteiger partial charge in [0.25, 0.3) is 11.8 Å². The van der Waals surface area contributed by atoms with Crippen LogP contribution in [0.15, 0.2) is 78.9 Å². The summed E-state index contributed by atoms with van der Waals surface area (Å²) in [6.07, 6.45) is 0.686. The molecular weight excluding hydrogens is 695 g/mol. The van der Waals surface area contributed by atoms with Crippen LogP contribution in [-0.4, -0.2) is 74.7 Å². The quantitative estimate of drug-likeness (QED) is 0.200. The molecule has 1 fully saturated rings. The third kappa shape index (κ3) is 7.05. The molecule has 4 heterocycles. The Labute approximate surface area is 314 Å². The number of fused-ring (bicyclic) bond motifs is 1. The summed E-state index contributed by atoms with van der Waals surface area (Å²) in [6.45, 7) is 7.60. The third-order valence-corrected chi connectivity index (χ3v) is 10.6. The third-order valence-electron chi connectivity index (χ3n) is 10.6. The zero-order valence-electron chi connectivity index (χ0n) is 30.2. The van der Waals surface area contributed by atoms with Gasteiger partial charge in [-0.3, -0.25) is 19.4 Å². The predicted molar refractivity (Wildman–Crippen MR) is 203 cm³/mol. The fourth-order valence-corrected chi connectivity index (χ4v) is 7.42. The lowest BCUT2D eigenvalue weighted by atomic mass is 9.92. The van der Waals surface area contributed by atoms with Crippen molar-refractivity contribution in [1.82, 2.24) is 18.9 Å². The van der Waals surface area contributed by atoms with Gasteiger partial charge in [0.1, 0.15) is 23.3 Å². The number of carbonyl (C=O) groups excluding carboxylic acids is 2. The number of ether oxygens (including phenoxy) is 1. The van der Waals surface area contributed by atoms with Crippen LogP contribution in [0.3, 0.4) is 0 Å². The van der Waals surface area contributed by atoms with Gasteiger partial charge in [-0.05, 0) is 86.0 Å². The van der Waals surface area contributed by atoms with E-state index in [0.29, 0.717) is 78.0 Å². The number of aromatic hydroxyl groups is 1. The van der Waals surface area contributed by atoms with Gasteiger partial charge in [0, 0.05) is 74.6 Å². The average molecular weight is 737 g/mol. The van der Waals surface area contributed by atoms with Crippen LogP contribution in [-0.2, 0) is 31.8 Å². The monoisotopic (exact) mass is 736 g/mol. The molecule has 2 aliphatic rings. The number of aromatic nitrogens is 2. The highest BCUT2D eigenvalue weighted by Crippen LogP contribution is 2.37. The Hall–Kier alpha value is -5.41. The molecule has 274 valence electrons. The maximum absolute atomic E-state index is 15.1. The molecule has 2 aliphatic heterocycles. The first kappa shape index (κ1) is 37.4. The minimum atomic E-state index is -0.525. The number of morpholine rings is 1. The summed E-state index contributed by atoms with van der Waals surface area (Å²) >= 11 is 0. The molecule has 2 amide bonds. The fourth-order valence-electron chi connectivity index (χ4n) is 7.42. The van der Waals surface area contributed by atoms with E-state index in [4.69, 9.17) is 4.74 Å². The van der Waals surface area contributed by atoms with Crippen molar-refractivity contribution in [1.29, 1.82) is 5.26 Å². The van der Waals surface area contributed by atoms with Crippen molar-refractivity contribution in [3.05, 3.63) is 124 Å². The number of hydrogen-bond acceptors (Lipinski definition) is 6. The van der Waals surface area contributed by atoms with Gasteiger partial charge in [0.15, 0.2) is 0 Å². The fraction of sp³-hybridized carbons (Fsp3) is 0.293. The predicted octanol–water partition coefficient (Wildman–Crippen LogP) is 6.66. The summed E-state index contributed by atoms with van der Waals surface area (Å²) < 4.78 is 24.3. The van der Waals surface area contributed by atoms with Gasteiger partial charge in [-0.2, -0.15) is 5.26 Å². The highest BCUT2D eigenvalue weighted by molar-refractivity contribution is 6.13. The molecule has 7 rings (SSSR count). The number of rotatable bonds is 7. The van der Waals surface area contributed by atoms with Crippen LogP contribution in [0, 0.1) is 31.0 Å². The molecule has 5 aromatic rings. The molecule has 1 N–H and O–H groups in total. The van der Waals surface area contributed by atoms with Gasteiger partial charge >= 0.3 is 0 Å². The van der Waals surface area contributed by atoms with Crippen LogP contribution in [0.4, 0.5) is 15.8 Å². The Morgan fingerprint density at radius 2 is 1.62 bits per heavy atom. The number of phenols is 1. The lowest BCUT2D eigenvalue weighted by Gasteiger charge is -2.40. The molecule has 0 bridgehead atoms. The molecule has 0 spiro atoms. The molecule has 0 radical (unpaired) electrons. The number of nitrogens with zero attached hydrogens (tertiary/aromatic N) is 6. The molecule has 10 nitrogen and oxygen atoms in total. The minimum Gasteiger partial charge on any atom is -0.508 e. The van der Waals surface area contributed by atoms with Crippen molar-refractivity contribution >= 4 is 35.6 Å². The van der Waals surface area contributed by atoms with Crippen LogP contribution in [0.1, 0.15) is 48.9 Å². The molecular formula is C41H42ClFN6O4. The Kier molecular flexibility index (Phi) is 10.8. The van der Waals surface area contributed by atoms with E-state index in [1.165, 1.54) is 34.7 Å². The van der Waals surface area contributed by atoms with Gasteiger partial charge in [-0.25, -0.2) is 4.39 Å². The second kappa shape index (κ2) is 15.3. The van der Waals surface area contributed by atoms with E-state index >= 15 is 4.39 Å². The Morgan fingerprint density at radius 3 is 2.30 bits per heavy atom. The summed E-state index contributed by atoms with van der Waals surface area (Å²) in [5.41, 5.74) is 6.71. The maximum Gasteiger partial charge on any atom is 0.264 e. The summed E-state index contributed by atoms with van der Waals surface area (Å²) in [5.74, 6) is -1.11. The van der Waals surface area contributed by atoms with E-state index in [9.17, 15) is 20.0 Å². The smallest absolute Gasteiger partial charge is 0.264 e. The molecule has 53 heavy (non-hydrogen) atoms. The maximum atomic E-state index is 15.1. The number of benzene rings is 3. The van der Waals surface area contributed by atoms with Gasteiger partial charge in [-0.15, -0.1) is 12.4 Å². The van der Waals surface area contributed by atoms with Crippen LogP contribution in [0.2, 0.25) is 0 Å². The first-order valence-corrected chi connectivity index (χ1v) is 17.4. The molecule has 1 atom stereocenters. The molecule has 1 saturated heterocycles. The topological polar surface area (TPSA) is 107 Å². The number of amides is 2. The molecule has 0 unspecified atom stereocenters. The first-order valence-electron chi connectivity index (χ1n) is 17.4. The second-order valence-corrected chi connectivity index (χ2v) is 13.6. The van der Waals surface area contributed by atoms with Crippen LogP contribution in [0.5, 0.6) is 5.75 Å². The summed E-state index contributed by atoms with van der Waals surface area (Å²) in [5, 5.41) is 19.8. The van der Waals surface area contributed by atoms with E-state index < -0.39 is 5.82 Å². The number of nitriles is 1. The van der Waals surface area contributed by atoms with E-state index in [2.05, 4.69) is 17.0 Å².